The number of imidazole rings is 1. The van der Waals surface area contributed by atoms with Crippen LogP contribution in [0, 0.1) is 6.92 Å². The van der Waals surface area contributed by atoms with Crippen LogP contribution in [-0.4, -0.2) is 26.5 Å². The van der Waals surface area contributed by atoms with Crippen molar-refractivity contribution in [3.8, 4) is 0 Å². The van der Waals surface area contributed by atoms with E-state index in [0.29, 0.717) is 18.4 Å². The first-order chi connectivity index (χ1) is 9.76. The number of aromatic nitrogens is 4. The maximum absolute atomic E-state index is 5.51. The zero-order chi connectivity index (χ0) is 13.9. The van der Waals surface area contributed by atoms with Gasteiger partial charge in [0.1, 0.15) is 0 Å². The number of aryl methyl sites for hydroxylation is 1. The number of nitrogens with one attached hydrogen (secondary N) is 2. The normalized spacial score (nSPS) is 10.9. The van der Waals surface area contributed by atoms with Crippen LogP contribution in [0.1, 0.15) is 11.4 Å². The van der Waals surface area contributed by atoms with Gasteiger partial charge in [-0.3, -0.25) is 5.32 Å². The van der Waals surface area contributed by atoms with Crippen molar-refractivity contribution >= 4 is 22.8 Å². The topological polar surface area (TPSA) is 92.5 Å². The fourth-order valence-electron chi connectivity index (χ4n) is 2.10. The summed E-state index contributed by atoms with van der Waals surface area (Å²) in [6, 6.07) is 7.93. The molecule has 2 aromatic heterocycles. The molecular formula is C14H16N6. The molecule has 4 N–H and O–H groups in total. The molecule has 1 aromatic carbocycles. The van der Waals surface area contributed by atoms with Gasteiger partial charge in [-0.1, -0.05) is 18.2 Å². The summed E-state index contributed by atoms with van der Waals surface area (Å²) in [6.45, 7) is 2.56. The average Bonchev–Trinajstić information content (AvgIpc) is 2.87. The second-order valence-electron chi connectivity index (χ2n) is 4.57. The highest BCUT2D eigenvalue weighted by atomic mass is 15.2. The van der Waals surface area contributed by atoms with Crippen LogP contribution in [0.15, 0.2) is 30.5 Å². The molecule has 0 spiro atoms. The standard InChI is InChI=1S/C14H16N6/c1-9-11-4-2-3-5-12(11)19-14(17-9)20-13-16-8-10(18-13)6-7-15/h2-5,8H,6-7,15H2,1H3,(H2,16,17,18,19,20). The number of rotatable bonds is 4. The van der Waals surface area contributed by atoms with E-state index in [1.807, 2.05) is 31.2 Å². The monoisotopic (exact) mass is 268 g/mol. The van der Waals surface area contributed by atoms with E-state index in [1.54, 1.807) is 6.20 Å². The molecule has 0 aliphatic carbocycles. The molecule has 102 valence electrons. The summed E-state index contributed by atoms with van der Waals surface area (Å²) < 4.78 is 0. The lowest BCUT2D eigenvalue weighted by Crippen LogP contribution is -2.03. The molecule has 0 radical (unpaired) electrons. The summed E-state index contributed by atoms with van der Waals surface area (Å²) in [5.74, 6) is 1.16. The van der Waals surface area contributed by atoms with E-state index < -0.39 is 0 Å². The van der Waals surface area contributed by atoms with Gasteiger partial charge in [-0.05, 0) is 19.5 Å². The third-order valence-corrected chi connectivity index (χ3v) is 3.07. The fraction of sp³-hybridized carbons (Fsp3) is 0.214. The Morgan fingerprint density at radius 3 is 2.95 bits per heavy atom. The molecule has 0 unspecified atom stereocenters. The van der Waals surface area contributed by atoms with Crippen LogP contribution in [0.2, 0.25) is 0 Å². The van der Waals surface area contributed by atoms with E-state index in [0.717, 1.165) is 28.7 Å². The molecule has 0 amide bonds. The Labute approximate surface area is 116 Å². The third-order valence-electron chi connectivity index (χ3n) is 3.07. The van der Waals surface area contributed by atoms with Gasteiger partial charge in [0.05, 0.1) is 17.4 Å². The molecule has 0 atom stereocenters. The number of para-hydroxylation sites is 1. The van der Waals surface area contributed by atoms with Crippen molar-refractivity contribution in [1.82, 2.24) is 19.9 Å². The van der Waals surface area contributed by atoms with Crippen LogP contribution in [0.4, 0.5) is 11.9 Å². The Bertz CT molecular complexity index is 733. The molecule has 20 heavy (non-hydrogen) atoms. The largest absolute Gasteiger partial charge is 0.330 e. The third kappa shape index (κ3) is 2.46. The summed E-state index contributed by atoms with van der Waals surface area (Å²) in [4.78, 5) is 16.3. The molecule has 3 aromatic rings. The number of fused-ring (bicyclic) bond motifs is 1. The number of aromatic amines is 1. The Balaban J connectivity index is 1.90. The lowest BCUT2D eigenvalue weighted by atomic mass is 10.2. The van der Waals surface area contributed by atoms with Gasteiger partial charge < -0.3 is 10.7 Å². The Kier molecular flexibility index (Phi) is 3.30. The van der Waals surface area contributed by atoms with Gasteiger partial charge in [-0.25, -0.2) is 15.0 Å². The minimum absolute atomic E-state index is 0.537. The molecule has 0 saturated heterocycles. The summed E-state index contributed by atoms with van der Waals surface area (Å²) in [5.41, 5.74) is 8.35. The van der Waals surface area contributed by atoms with Crippen LogP contribution in [0.5, 0.6) is 0 Å². The Morgan fingerprint density at radius 1 is 1.25 bits per heavy atom. The van der Waals surface area contributed by atoms with Crippen LogP contribution >= 0.6 is 0 Å². The van der Waals surface area contributed by atoms with E-state index >= 15 is 0 Å². The van der Waals surface area contributed by atoms with Gasteiger partial charge in [0, 0.05) is 17.5 Å². The second-order valence-corrected chi connectivity index (χ2v) is 4.57. The van der Waals surface area contributed by atoms with Crippen molar-refractivity contribution in [2.24, 2.45) is 5.73 Å². The predicted octanol–water partition coefficient (Wildman–Crippen LogP) is 1.91. The van der Waals surface area contributed by atoms with Gasteiger partial charge in [-0.15, -0.1) is 0 Å². The number of H-pyrrole nitrogens is 1. The molecule has 0 bridgehead atoms. The molecular weight excluding hydrogens is 252 g/mol. The zero-order valence-corrected chi connectivity index (χ0v) is 11.2. The molecule has 0 fully saturated rings. The SMILES string of the molecule is Cc1nc(Nc2ncc(CCN)[nH]2)nc2ccccc12. The number of benzene rings is 1. The predicted molar refractivity (Wildman–Crippen MR) is 78.9 cm³/mol. The highest BCUT2D eigenvalue weighted by molar-refractivity contribution is 5.81. The first-order valence-electron chi connectivity index (χ1n) is 6.50. The van der Waals surface area contributed by atoms with Gasteiger partial charge in [0.2, 0.25) is 11.9 Å². The van der Waals surface area contributed by atoms with E-state index in [2.05, 4.69) is 25.3 Å². The van der Waals surface area contributed by atoms with Crippen molar-refractivity contribution in [3.05, 3.63) is 41.9 Å². The first-order valence-corrected chi connectivity index (χ1v) is 6.50. The van der Waals surface area contributed by atoms with Crippen molar-refractivity contribution < 1.29 is 0 Å². The lowest BCUT2D eigenvalue weighted by molar-refractivity contribution is 0.935. The van der Waals surface area contributed by atoms with Gasteiger partial charge in [0.15, 0.2) is 0 Å². The van der Waals surface area contributed by atoms with Crippen molar-refractivity contribution in [1.29, 1.82) is 0 Å². The highest BCUT2D eigenvalue weighted by Crippen LogP contribution is 2.18. The minimum atomic E-state index is 0.537. The van der Waals surface area contributed by atoms with E-state index in [-0.39, 0.29) is 0 Å². The van der Waals surface area contributed by atoms with Gasteiger partial charge >= 0.3 is 0 Å². The van der Waals surface area contributed by atoms with Crippen molar-refractivity contribution in [2.45, 2.75) is 13.3 Å². The highest BCUT2D eigenvalue weighted by Gasteiger charge is 2.06. The minimum Gasteiger partial charge on any atom is -0.330 e. The van der Waals surface area contributed by atoms with Crippen LogP contribution in [0.25, 0.3) is 10.9 Å². The maximum atomic E-state index is 5.51. The summed E-state index contributed by atoms with van der Waals surface area (Å²) in [6.07, 6.45) is 2.54. The quantitative estimate of drug-likeness (QED) is 0.672. The zero-order valence-electron chi connectivity index (χ0n) is 11.2. The number of anilines is 2. The second kappa shape index (κ2) is 5.26. The number of hydrogen-bond acceptors (Lipinski definition) is 5. The summed E-state index contributed by atoms with van der Waals surface area (Å²) in [5, 5.41) is 4.14. The fourth-order valence-corrected chi connectivity index (χ4v) is 2.10. The smallest absolute Gasteiger partial charge is 0.230 e. The average molecular weight is 268 g/mol. The van der Waals surface area contributed by atoms with E-state index in [9.17, 15) is 0 Å². The lowest BCUT2D eigenvalue weighted by Gasteiger charge is -2.05. The molecule has 6 nitrogen and oxygen atoms in total. The molecule has 0 saturated carbocycles. The number of nitrogens with two attached hydrogens (primary N) is 1. The summed E-state index contributed by atoms with van der Waals surface area (Å²) >= 11 is 0. The molecule has 0 aliphatic rings. The Hall–Kier alpha value is -2.47. The number of nitrogens with zero attached hydrogens (tertiary/aromatic N) is 3. The molecule has 2 heterocycles. The van der Waals surface area contributed by atoms with Crippen molar-refractivity contribution in [2.75, 3.05) is 11.9 Å². The molecule has 3 rings (SSSR count). The van der Waals surface area contributed by atoms with Gasteiger partial charge in [-0.2, -0.15) is 0 Å². The van der Waals surface area contributed by atoms with Crippen LogP contribution in [-0.2, 0) is 6.42 Å². The van der Waals surface area contributed by atoms with Crippen LogP contribution < -0.4 is 11.1 Å². The van der Waals surface area contributed by atoms with Crippen LogP contribution in [0.3, 0.4) is 0 Å². The number of hydrogen-bond donors (Lipinski definition) is 3. The summed E-state index contributed by atoms with van der Waals surface area (Å²) in [7, 11) is 0. The van der Waals surface area contributed by atoms with Gasteiger partial charge in [0.25, 0.3) is 0 Å². The van der Waals surface area contributed by atoms with E-state index in [1.165, 1.54) is 0 Å². The maximum Gasteiger partial charge on any atom is 0.230 e. The Morgan fingerprint density at radius 2 is 2.10 bits per heavy atom. The van der Waals surface area contributed by atoms with E-state index in [4.69, 9.17) is 5.73 Å². The van der Waals surface area contributed by atoms with Crippen molar-refractivity contribution in [3.63, 3.8) is 0 Å². The first kappa shape index (κ1) is 12.6. The molecule has 0 aliphatic heterocycles. The molecule has 6 heteroatoms.